The normalized spacial score (nSPS) is 15.1. The van der Waals surface area contributed by atoms with Crippen LogP contribution in [0.3, 0.4) is 0 Å². The van der Waals surface area contributed by atoms with Crippen molar-refractivity contribution in [1.82, 2.24) is 10.2 Å². The Morgan fingerprint density at radius 2 is 2.36 bits per heavy atom. The third-order valence-corrected chi connectivity index (χ3v) is 2.96. The highest BCUT2D eigenvalue weighted by molar-refractivity contribution is 7.99. The molecule has 0 saturated heterocycles. The molecule has 14 heavy (non-hydrogen) atoms. The zero-order valence-electron chi connectivity index (χ0n) is 7.49. The summed E-state index contributed by atoms with van der Waals surface area (Å²) < 4.78 is 4.57. The largest absolute Gasteiger partial charge is 0.464 e. The number of H-pyrrole nitrogens is 1. The number of aromatic amines is 1. The summed E-state index contributed by atoms with van der Waals surface area (Å²) in [4.78, 5) is 22.6. The highest BCUT2D eigenvalue weighted by atomic mass is 32.2. The highest BCUT2D eigenvalue weighted by Gasteiger charge is 2.27. The van der Waals surface area contributed by atoms with Gasteiger partial charge < -0.3 is 4.74 Å². The minimum absolute atomic E-state index is 0.0392. The molecule has 0 atom stereocenters. The van der Waals surface area contributed by atoms with Crippen LogP contribution in [0.4, 0.5) is 0 Å². The lowest BCUT2D eigenvalue weighted by molar-refractivity contribution is 0.0593. The van der Waals surface area contributed by atoms with Crippen LogP contribution in [0.1, 0.15) is 26.5 Å². The van der Waals surface area contributed by atoms with E-state index in [1.807, 2.05) is 0 Å². The van der Waals surface area contributed by atoms with Gasteiger partial charge in [-0.3, -0.25) is 9.89 Å². The van der Waals surface area contributed by atoms with Crippen molar-refractivity contribution in [2.75, 3.05) is 12.9 Å². The number of carbonyl (C=O) groups is 2. The second kappa shape index (κ2) is 3.45. The zero-order valence-corrected chi connectivity index (χ0v) is 8.31. The van der Waals surface area contributed by atoms with Crippen LogP contribution in [0.2, 0.25) is 0 Å². The molecule has 1 N–H and O–H groups in total. The van der Waals surface area contributed by atoms with Crippen LogP contribution in [0, 0.1) is 0 Å². The second-order valence-electron chi connectivity index (χ2n) is 2.83. The summed E-state index contributed by atoms with van der Waals surface area (Å²) in [5.74, 6) is 0.539. The lowest BCUT2D eigenvalue weighted by atomic mass is 10.1. The predicted molar refractivity (Wildman–Crippen MR) is 50.4 cm³/mol. The number of aromatic nitrogens is 2. The van der Waals surface area contributed by atoms with Crippen molar-refractivity contribution in [1.29, 1.82) is 0 Å². The topological polar surface area (TPSA) is 72.1 Å². The van der Waals surface area contributed by atoms with Crippen molar-refractivity contribution in [2.24, 2.45) is 0 Å². The monoisotopic (exact) mass is 212 g/mol. The van der Waals surface area contributed by atoms with Gasteiger partial charge in [-0.05, 0) is 0 Å². The molecule has 1 aliphatic heterocycles. The first-order valence-corrected chi connectivity index (χ1v) is 5.16. The summed E-state index contributed by atoms with van der Waals surface area (Å²) in [6, 6.07) is 0. The number of hydrogen-bond donors (Lipinski definition) is 1. The maximum Gasteiger partial charge on any atom is 0.356 e. The van der Waals surface area contributed by atoms with Crippen molar-refractivity contribution >= 4 is 23.5 Å². The molecule has 0 bridgehead atoms. The number of rotatable bonds is 1. The molecule has 0 amide bonds. The van der Waals surface area contributed by atoms with Crippen LogP contribution in [0.5, 0.6) is 0 Å². The molecular formula is C8H8N2O3S. The smallest absolute Gasteiger partial charge is 0.356 e. The number of methoxy groups -OCH3 is 1. The minimum Gasteiger partial charge on any atom is -0.464 e. The van der Waals surface area contributed by atoms with E-state index in [1.54, 1.807) is 0 Å². The Hall–Kier alpha value is -1.30. The van der Waals surface area contributed by atoms with E-state index in [2.05, 4.69) is 14.9 Å². The van der Waals surface area contributed by atoms with E-state index in [-0.39, 0.29) is 5.78 Å². The number of ketones is 1. The standard InChI is InChI=1S/C8H8N2O3S/c1-13-8(12)7-4-2-14-3-5(11)6(4)9-10-7/h2-3H2,1H3,(H,9,10). The van der Waals surface area contributed by atoms with E-state index in [0.717, 1.165) is 0 Å². The van der Waals surface area contributed by atoms with Crippen LogP contribution in [-0.2, 0) is 10.5 Å². The number of carbonyl (C=O) groups excluding carboxylic acids is 2. The number of hydrogen-bond acceptors (Lipinski definition) is 5. The fourth-order valence-corrected chi connectivity index (χ4v) is 2.23. The molecule has 0 saturated carbocycles. The fourth-order valence-electron chi connectivity index (χ4n) is 1.32. The Morgan fingerprint density at radius 3 is 3.07 bits per heavy atom. The Kier molecular flexibility index (Phi) is 2.28. The molecule has 74 valence electrons. The summed E-state index contributed by atoms with van der Waals surface area (Å²) >= 11 is 1.48. The van der Waals surface area contributed by atoms with Gasteiger partial charge in [-0.1, -0.05) is 0 Å². The maximum absolute atomic E-state index is 11.4. The third-order valence-electron chi connectivity index (χ3n) is 2.00. The van der Waals surface area contributed by atoms with Crippen molar-refractivity contribution in [2.45, 2.75) is 5.75 Å². The Labute approximate surface area is 84.2 Å². The number of Topliss-reactive ketones (excluding diaryl/α,β-unsaturated/α-hetero) is 1. The van der Waals surface area contributed by atoms with Crippen LogP contribution in [0.25, 0.3) is 0 Å². The Bertz CT molecular complexity index is 399. The first-order chi connectivity index (χ1) is 6.74. The molecule has 0 unspecified atom stereocenters. The van der Waals surface area contributed by atoms with Gasteiger partial charge >= 0.3 is 5.97 Å². The molecule has 2 heterocycles. The molecule has 0 aliphatic carbocycles. The summed E-state index contributed by atoms with van der Waals surface area (Å²) in [7, 11) is 1.30. The van der Waals surface area contributed by atoms with E-state index in [9.17, 15) is 9.59 Å². The number of nitrogens with one attached hydrogen (secondary N) is 1. The molecule has 0 aromatic carbocycles. The van der Waals surface area contributed by atoms with Gasteiger partial charge in [0.15, 0.2) is 5.78 Å². The van der Waals surface area contributed by atoms with Gasteiger partial charge in [0, 0.05) is 11.3 Å². The molecule has 1 aromatic rings. The van der Waals surface area contributed by atoms with E-state index < -0.39 is 5.97 Å². The average molecular weight is 212 g/mol. The highest BCUT2D eigenvalue weighted by Crippen LogP contribution is 2.25. The lowest BCUT2D eigenvalue weighted by Crippen LogP contribution is -2.13. The first kappa shape index (κ1) is 9.26. The van der Waals surface area contributed by atoms with Gasteiger partial charge in [0.05, 0.1) is 12.9 Å². The summed E-state index contributed by atoms with van der Waals surface area (Å²) in [6.07, 6.45) is 0. The number of thioether (sulfide) groups is 1. The predicted octanol–water partition coefficient (Wildman–Crippen LogP) is 0.626. The molecular weight excluding hydrogens is 204 g/mol. The van der Waals surface area contributed by atoms with Crippen molar-refractivity contribution < 1.29 is 14.3 Å². The molecule has 0 fully saturated rings. The summed E-state index contributed by atoms with van der Waals surface area (Å²) in [5.41, 5.74) is 1.34. The van der Waals surface area contributed by atoms with E-state index in [0.29, 0.717) is 28.5 Å². The molecule has 1 aromatic heterocycles. The quantitative estimate of drug-likeness (QED) is 0.691. The molecule has 0 spiro atoms. The maximum atomic E-state index is 11.4. The number of nitrogens with zero attached hydrogens (tertiary/aromatic N) is 1. The number of fused-ring (bicyclic) bond motifs is 1. The SMILES string of the molecule is COC(=O)c1[nH]nc2c1CSCC2=O. The molecule has 2 rings (SSSR count). The fraction of sp³-hybridized carbons (Fsp3) is 0.375. The average Bonchev–Trinajstić information content (AvgIpc) is 2.62. The van der Waals surface area contributed by atoms with Gasteiger partial charge in [0.25, 0.3) is 0 Å². The van der Waals surface area contributed by atoms with Gasteiger partial charge in [0.2, 0.25) is 0 Å². The first-order valence-electron chi connectivity index (χ1n) is 4.00. The Morgan fingerprint density at radius 1 is 1.57 bits per heavy atom. The molecule has 1 aliphatic rings. The van der Waals surface area contributed by atoms with E-state index >= 15 is 0 Å². The van der Waals surface area contributed by atoms with Crippen molar-refractivity contribution in [3.05, 3.63) is 17.0 Å². The van der Waals surface area contributed by atoms with Crippen LogP contribution in [-0.4, -0.2) is 34.8 Å². The zero-order chi connectivity index (χ0) is 10.1. The van der Waals surface area contributed by atoms with Gasteiger partial charge in [-0.15, -0.1) is 11.8 Å². The van der Waals surface area contributed by atoms with Crippen LogP contribution >= 0.6 is 11.8 Å². The molecule has 0 radical (unpaired) electrons. The van der Waals surface area contributed by atoms with Gasteiger partial charge in [0.1, 0.15) is 11.4 Å². The summed E-state index contributed by atoms with van der Waals surface area (Å²) in [6.45, 7) is 0. The van der Waals surface area contributed by atoms with Gasteiger partial charge in [-0.2, -0.15) is 5.10 Å². The van der Waals surface area contributed by atoms with E-state index in [4.69, 9.17) is 0 Å². The van der Waals surface area contributed by atoms with E-state index in [1.165, 1.54) is 18.9 Å². The summed E-state index contributed by atoms with van der Waals surface area (Å²) in [5, 5.41) is 6.36. The van der Waals surface area contributed by atoms with Gasteiger partial charge in [-0.25, -0.2) is 4.79 Å². The lowest BCUT2D eigenvalue weighted by Gasteiger charge is -2.08. The number of esters is 1. The van der Waals surface area contributed by atoms with Crippen LogP contribution < -0.4 is 0 Å². The molecule has 5 nitrogen and oxygen atoms in total. The Balaban J connectivity index is 2.45. The van der Waals surface area contributed by atoms with Crippen LogP contribution in [0.15, 0.2) is 0 Å². The third kappa shape index (κ3) is 1.31. The number of ether oxygens (including phenoxy) is 1. The second-order valence-corrected chi connectivity index (χ2v) is 3.82. The molecule has 6 heteroatoms. The van der Waals surface area contributed by atoms with Crippen molar-refractivity contribution in [3.8, 4) is 0 Å². The minimum atomic E-state index is -0.478. The van der Waals surface area contributed by atoms with Crippen molar-refractivity contribution in [3.63, 3.8) is 0 Å².